The number of amides is 1. The van der Waals surface area contributed by atoms with Crippen LogP contribution < -0.4 is 5.32 Å². The van der Waals surface area contributed by atoms with E-state index >= 15 is 0 Å². The summed E-state index contributed by atoms with van der Waals surface area (Å²) >= 11 is 1.41. The van der Waals surface area contributed by atoms with Crippen LogP contribution in [0.1, 0.15) is 29.9 Å². The molecule has 2 heterocycles. The van der Waals surface area contributed by atoms with Crippen LogP contribution in [0.25, 0.3) is 5.69 Å². The Balaban J connectivity index is 1.99. The third-order valence-corrected chi connectivity index (χ3v) is 3.88. The molecule has 0 bridgehead atoms. The highest BCUT2D eigenvalue weighted by atomic mass is 32.1. The predicted octanol–water partition coefficient (Wildman–Crippen LogP) is 2.68. The Hall–Kier alpha value is -1.59. The lowest BCUT2D eigenvalue weighted by Crippen LogP contribution is -2.32. The minimum absolute atomic E-state index is 0.133. The summed E-state index contributed by atoms with van der Waals surface area (Å²) in [5.41, 5.74) is 0.871. The first-order valence-electron chi connectivity index (χ1n) is 6.75. The molecule has 0 saturated carbocycles. The molecule has 0 saturated heterocycles. The first kappa shape index (κ1) is 14.8. The Morgan fingerprint density at radius 3 is 2.75 bits per heavy atom. The van der Waals surface area contributed by atoms with Crippen LogP contribution >= 0.6 is 11.3 Å². The Labute approximate surface area is 123 Å². The summed E-state index contributed by atoms with van der Waals surface area (Å²) in [6, 6.07) is 5.77. The maximum absolute atomic E-state index is 12.2. The molecule has 2 aromatic rings. The van der Waals surface area contributed by atoms with E-state index in [1.165, 1.54) is 11.3 Å². The molecule has 0 fully saturated rings. The molecular formula is C15H20N2O2S. The van der Waals surface area contributed by atoms with E-state index in [0.29, 0.717) is 23.8 Å². The van der Waals surface area contributed by atoms with E-state index in [4.69, 9.17) is 0 Å². The van der Waals surface area contributed by atoms with E-state index in [-0.39, 0.29) is 5.91 Å². The van der Waals surface area contributed by atoms with Crippen molar-refractivity contribution in [1.82, 2.24) is 9.88 Å². The molecule has 2 N–H and O–H groups in total. The molecule has 2 aromatic heterocycles. The Morgan fingerprint density at radius 2 is 2.10 bits per heavy atom. The van der Waals surface area contributed by atoms with Crippen molar-refractivity contribution in [2.45, 2.75) is 26.4 Å². The van der Waals surface area contributed by atoms with Gasteiger partial charge in [0, 0.05) is 18.9 Å². The summed E-state index contributed by atoms with van der Waals surface area (Å²) in [4.78, 5) is 12.9. The van der Waals surface area contributed by atoms with Gasteiger partial charge in [0.2, 0.25) is 0 Å². The van der Waals surface area contributed by atoms with Crippen molar-refractivity contribution < 1.29 is 9.90 Å². The molecular weight excluding hydrogens is 272 g/mol. The molecule has 1 amide bonds. The number of aromatic nitrogens is 1. The first-order valence-corrected chi connectivity index (χ1v) is 7.63. The molecule has 1 unspecified atom stereocenters. The molecule has 0 aliphatic rings. The van der Waals surface area contributed by atoms with Crippen LogP contribution in [0.15, 0.2) is 36.0 Å². The fraction of sp³-hybridized carbons (Fsp3) is 0.400. The smallest absolute Gasteiger partial charge is 0.263 e. The van der Waals surface area contributed by atoms with Crippen LogP contribution in [-0.4, -0.2) is 28.2 Å². The van der Waals surface area contributed by atoms with Gasteiger partial charge in [0.15, 0.2) is 0 Å². The lowest BCUT2D eigenvalue weighted by molar-refractivity contribution is 0.0904. The lowest BCUT2D eigenvalue weighted by atomic mass is 10.1. The van der Waals surface area contributed by atoms with E-state index in [0.717, 1.165) is 5.69 Å². The second kappa shape index (κ2) is 6.72. The fourth-order valence-corrected chi connectivity index (χ4v) is 2.90. The van der Waals surface area contributed by atoms with Gasteiger partial charge in [0.05, 0.1) is 11.8 Å². The number of aliphatic hydroxyl groups is 1. The summed E-state index contributed by atoms with van der Waals surface area (Å²) in [5.74, 6) is 0.283. The third-order valence-electron chi connectivity index (χ3n) is 2.98. The number of nitrogens with zero attached hydrogens (tertiary/aromatic N) is 1. The van der Waals surface area contributed by atoms with Crippen molar-refractivity contribution in [1.29, 1.82) is 0 Å². The lowest BCUT2D eigenvalue weighted by Gasteiger charge is -2.14. The third kappa shape index (κ3) is 3.71. The molecule has 4 nitrogen and oxygen atoms in total. The number of hydrogen-bond donors (Lipinski definition) is 2. The number of hydrogen-bond acceptors (Lipinski definition) is 3. The fourth-order valence-electron chi connectivity index (χ4n) is 2.09. The van der Waals surface area contributed by atoms with Crippen LogP contribution in [0.2, 0.25) is 0 Å². The number of carbonyl (C=O) groups is 1. The van der Waals surface area contributed by atoms with Gasteiger partial charge in [-0.05, 0) is 35.9 Å². The summed E-state index contributed by atoms with van der Waals surface area (Å²) < 4.78 is 1.91. The largest absolute Gasteiger partial charge is 0.391 e. The second-order valence-electron chi connectivity index (χ2n) is 5.22. The van der Waals surface area contributed by atoms with Crippen molar-refractivity contribution in [3.63, 3.8) is 0 Å². The van der Waals surface area contributed by atoms with E-state index in [2.05, 4.69) is 19.2 Å². The summed E-state index contributed by atoms with van der Waals surface area (Å²) in [6.45, 7) is 4.39. The quantitative estimate of drug-likeness (QED) is 0.860. The van der Waals surface area contributed by atoms with Crippen LogP contribution in [-0.2, 0) is 0 Å². The molecule has 20 heavy (non-hydrogen) atoms. The molecule has 2 rings (SSSR count). The maximum Gasteiger partial charge on any atom is 0.263 e. The average Bonchev–Trinajstić information content (AvgIpc) is 3.04. The number of rotatable bonds is 6. The Bertz CT molecular complexity index is 546. The van der Waals surface area contributed by atoms with Gasteiger partial charge in [0.25, 0.3) is 5.91 Å². The Kier molecular flexibility index (Phi) is 4.98. The van der Waals surface area contributed by atoms with Crippen molar-refractivity contribution in [3.8, 4) is 5.69 Å². The van der Waals surface area contributed by atoms with E-state index < -0.39 is 6.10 Å². The number of thiophene rings is 1. The predicted molar refractivity (Wildman–Crippen MR) is 81.4 cm³/mol. The molecule has 108 valence electrons. The van der Waals surface area contributed by atoms with Gasteiger partial charge >= 0.3 is 0 Å². The SMILES string of the molecule is CC(C)CC(O)CNC(=O)c1sccc1-n1cccc1. The van der Waals surface area contributed by atoms with Crippen LogP contribution in [0, 0.1) is 5.92 Å². The zero-order chi connectivity index (χ0) is 14.5. The van der Waals surface area contributed by atoms with Crippen molar-refractivity contribution in [2.24, 2.45) is 5.92 Å². The van der Waals surface area contributed by atoms with E-state index in [1.54, 1.807) is 0 Å². The average molecular weight is 292 g/mol. The van der Waals surface area contributed by atoms with Crippen LogP contribution in [0.5, 0.6) is 0 Å². The van der Waals surface area contributed by atoms with Gasteiger partial charge in [0.1, 0.15) is 4.88 Å². The zero-order valence-corrected chi connectivity index (χ0v) is 12.6. The topological polar surface area (TPSA) is 54.3 Å². The molecule has 0 aliphatic carbocycles. The standard InChI is InChI=1S/C15H20N2O2S/c1-11(2)9-12(18)10-16-15(19)14-13(5-8-20-14)17-6-3-4-7-17/h3-8,11-12,18H,9-10H2,1-2H3,(H,16,19). The van der Waals surface area contributed by atoms with Crippen LogP contribution in [0.3, 0.4) is 0 Å². The summed E-state index contributed by atoms with van der Waals surface area (Å²) in [5, 5.41) is 14.5. The van der Waals surface area contributed by atoms with Crippen molar-refractivity contribution >= 4 is 17.2 Å². The molecule has 0 spiro atoms. The van der Waals surface area contributed by atoms with E-state index in [1.807, 2.05) is 40.5 Å². The highest BCUT2D eigenvalue weighted by Gasteiger charge is 2.15. The van der Waals surface area contributed by atoms with Gasteiger partial charge in [-0.1, -0.05) is 13.8 Å². The highest BCUT2D eigenvalue weighted by Crippen LogP contribution is 2.21. The van der Waals surface area contributed by atoms with Gasteiger partial charge in [-0.2, -0.15) is 0 Å². The minimum Gasteiger partial charge on any atom is -0.391 e. The summed E-state index contributed by atoms with van der Waals surface area (Å²) in [6.07, 6.45) is 4.02. The first-order chi connectivity index (χ1) is 9.58. The van der Waals surface area contributed by atoms with Gasteiger partial charge < -0.3 is 15.0 Å². The molecule has 1 atom stereocenters. The number of nitrogens with one attached hydrogen (secondary N) is 1. The molecule has 0 radical (unpaired) electrons. The molecule has 0 aliphatic heterocycles. The molecule has 0 aromatic carbocycles. The normalized spacial score (nSPS) is 12.6. The zero-order valence-electron chi connectivity index (χ0n) is 11.7. The monoisotopic (exact) mass is 292 g/mol. The number of aliphatic hydroxyl groups excluding tert-OH is 1. The Morgan fingerprint density at radius 1 is 1.40 bits per heavy atom. The van der Waals surface area contributed by atoms with Crippen LogP contribution in [0.4, 0.5) is 0 Å². The minimum atomic E-state index is -0.492. The molecule has 5 heteroatoms. The van der Waals surface area contributed by atoms with Crippen molar-refractivity contribution in [3.05, 3.63) is 40.8 Å². The number of carbonyl (C=O) groups excluding carboxylic acids is 1. The van der Waals surface area contributed by atoms with Gasteiger partial charge in [-0.15, -0.1) is 11.3 Å². The maximum atomic E-state index is 12.2. The second-order valence-corrected chi connectivity index (χ2v) is 6.13. The van der Waals surface area contributed by atoms with Crippen molar-refractivity contribution in [2.75, 3.05) is 6.54 Å². The summed E-state index contributed by atoms with van der Waals surface area (Å²) in [7, 11) is 0. The van der Waals surface area contributed by atoms with E-state index in [9.17, 15) is 9.90 Å². The van der Waals surface area contributed by atoms with Gasteiger partial charge in [-0.25, -0.2) is 0 Å². The highest BCUT2D eigenvalue weighted by molar-refractivity contribution is 7.12. The van der Waals surface area contributed by atoms with Gasteiger partial charge in [-0.3, -0.25) is 4.79 Å².